The fourth-order valence-corrected chi connectivity index (χ4v) is 5.25. The minimum atomic E-state index is 0.598. The average molecular weight is 204 g/mol. The summed E-state index contributed by atoms with van der Waals surface area (Å²) in [7, 11) is 0. The Balaban J connectivity index is 2.06. The van der Waals surface area contributed by atoms with Crippen molar-refractivity contribution in [3.63, 3.8) is 0 Å². The summed E-state index contributed by atoms with van der Waals surface area (Å²) >= 11 is 0. The highest BCUT2D eigenvalue weighted by molar-refractivity contribution is 5.28. The number of rotatable bonds is 0. The van der Waals surface area contributed by atoms with E-state index in [2.05, 4.69) is 33.8 Å². The van der Waals surface area contributed by atoms with Crippen LogP contribution in [0.3, 0.4) is 0 Å². The molecule has 4 bridgehead atoms. The molecule has 0 nitrogen and oxygen atoms in total. The molecule has 0 aliphatic heterocycles. The molecule has 0 aromatic heterocycles. The fourth-order valence-electron chi connectivity index (χ4n) is 5.25. The summed E-state index contributed by atoms with van der Waals surface area (Å²) < 4.78 is 0. The molecule has 0 heterocycles. The first kappa shape index (κ1) is 9.93. The first-order valence-electron chi connectivity index (χ1n) is 6.63. The second kappa shape index (κ2) is 2.70. The molecule has 2 saturated carbocycles. The molecule has 0 heteroatoms. The zero-order valence-corrected chi connectivity index (χ0v) is 10.6. The van der Waals surface area contributed by atoms with Crippen LogP contribution >= 0.6 is 0 Å². The van der Waals surface area contributed by atoms with E-state index in [0.29, 0.717) is 10.8 Å². The lowest BCUT2D eigenvalue weighted by atomic mass is 9.38. The highest BCUT2D eigenvalue weighted by Gasteiger charge is 2.64. The molecule has 15 heavy (non-hydrogen) atoms. The maximum Gasteiger partial charge on any atom is -0.0113 e. The molecular formula is C15H24. The predicted octanol–water partition coefficient (Wildman–Crippen LogP) is 4.42. The van der Waals surface area contributed by atoms with E-state index in [1.54, 1.807) is 5.57 Å². The van der Waals surface area contributed by atoms with Crippen LogP contribution < -0.4 is 0 Å². The Morgan fingerprint density at radius 2 is 1.93 bits per heavy atom. The Kier molecular flexibility index (Phi) is 1.79. The van der Waals surface area contributed by atoms with Gasteiger partial charge in [-0.05, 0) is 54.8 Å². The van der Waals surface area contributed by atoms with Gasteiger partial charge < -0.3 is 0 Å². The van der Waals surface area contributed by atoms with E-state index in [4.69, 9.17) is 0 Å². The first-order valence-corrected chi connectivity index (χ1v) is 6.63. The molecule has 4 atom stereocenters. The predicted molar refractivity (Wildman–Crippen MR) is 64.6 cm³/mol. The number of hydrogen-bond acceptors (Lipinski definition) is 0. The van der Waals surface area contributed by atoms with Crippen LogP contribution in [-0.2, 0) is 0 Å². The minimum absolute atomic E-state index is 0.598. The van der Waals surface area contributed by atoms with Gasteiger partial charge in [0.2, 0.25) is 0 Å². The molecule has 0 radical (unpaired) electrons. The van der Waals surface area contributed by atoms with Crippen molar-refractivity contribution in [1.29, 1.82) is 0 Å². The summed E-state index contributed by atoms with van der Waals surface area (Å²) in [6, 6.07) is 0. The molecular weight excluding hydrogens is 180 g/mol. The fraction of sp³-hybridized carbons (Fsp3) is 0.867. The highest BCUT2D eigenvalue weighted by atomic mass is 14.7. The van der Waals surface area contributed by atoms with Gasteiger partial charge in [-0.15, -0.1) is 0 Å². The molecule has 84 valence electrons. The normalized spacial score (nSPS) is 51.5. The van der Waals surface area contributed by atoms with Gasteiger partial charge in [0.25, 0.3) is 0 Å². The first-order chi connectivity index (χ1) is 6.97. The molecule has 0 saturated heterocycles. The van der Waals surface area contributed by atoms with Crippen molar-refractivity contribution in [2.24, 2.45) is 28.6 Å². The monoisotopic (exact) mass is 204 g/mol. The molecule has 0 unspecified atom stereocenters. The van der Waals surface area contributed by atoms with Crippen LogP contribution in [0.25, 0.3) is 0 Å². The van der Waals surface area contributed by atoms with Crippen molar-refractivity contribution in [2.75, 3.05) is 0 Å². The number of fused-ring (bicyclic) bond motifs is 1. The molecule has 0 aromatic rings. The Bertz CT molecular complexity index is 323. The Morgan fingerprint density at radius 1 is 1.20 bits per heavy atom. The van der Waals surface area contributed by atoms with Crippen molar-refractivity contribution in [2.45, 2.75) is 53.4 Å². The topological polar surface area (TPSA) is 0 Å². The standard InChI is InChI=1S/C15H24/c1-10-6-7-11-13-12(10)15(11,4)9-5-8-14(13,2)3/h6,11-13H,5,7-9H2,1-4H3/t11-,12+,13+,15-/m0/s1. The molecule has 0 spiro atoms. The Labute approximate surface area is 94.1 Å². The Hall–Kier alpha value is -0.260. The summed E-state index contributed by atoms with van der Waals surface area (Å²) in [5.74, 6) is 2.92. The van der Waals surface area contributed by atoms with E-state index in [1.165, 1.54) is 25.7 Å². The lowest BCUT2D eigenvalue weighted by molar-refractivity contribution is -0.138. The van der Waals surface area contributed by atoms with Gasteiger partial charge in [0.05, 0.1) is 0 Å². The van der Waals surface area contributed by atoms with E-state index in [9.17, 15) is 0 Å². The largest absolute Gasteiger partial charge is 0.0850 e. The third kappa shape index (κ3) is 1.04. The van der Waals surface area contributed by atoms with Crippen molar-refractivity contribution in [3.8, 4) is 0 Å². The summed E-state index contributed by atoms with van der Waals surface area (Å²) in [5, 5.41) is 0. The van der Waals surface area contributed by atoms with Crippen LogP contribution in [0, 0.1) is 28.6 Å². The van der Waals surface area contributed by atoms with E-state index in [0.717, 1.165) is 17.8 Å². The minimum Gasteiger partial charge on any atom is -0.0850 e. The van der Waals surface area contributed by atoms with E-state index in [1.807, 2.05) is 0 Å². The second-order valence-corrected chi connectivity index (χ2v) is 7.14. The molecule has 0 aromatic carbocycles. The summed E-state index contributed by atoms with van der Waals surface area (Å²) in [6.07, 6.45) is 8.28. The van der Waals surface area contributed by atoms with Gasteiger partial charge in [0, 0.05) is 0 Å². The van der Waals surface area contributed by atoms with Crippen LogP contribution in [0.4, 0.5) is 0 Å². The zero-order chi connectivity index (χ0) is 10.8. The van der Waals surface area contributed by atoms with Crippen molar-refractivity contribution < 1.29 is 0 Å². The maximum atomic E-state index is 2.57. The van der Waals surface area contributed by atoms with E-state index in [-0.39, 0.29) is 0 Å². The third-order valence-corrected chi connectivity index (χ3v) is 5.97. The second-order valence-electron chi connectivity index (χ2n) is 7.14. The van der Waals surface area contributed by atoms with Crippen molar-refractivity contribution in [1.82, 2.24) is 0 Å². The van der Waals surface area contributed by atoms with Gasteiger partial charge in [-0.3, -0.25) is 0 Å². The van der Waals surface area contributed by atoms with E-state index >= 15 is 0 Å². The lowest BCUT2D eigenvalue weighted by Crippen LogP contribution is -2.60. The van der Waals surface area contributed by atoms with Crippen LogP contribution in [0.5, 0.6) is 0 Å². The van der Waals surface area contributed by atoms with Gasteiger partial charge >= 0.3 is 0 Å². The Morgan fingerprint density at radius 3 is 2.60 bits per heavy atom. The quantitative estimate of drug-likeness (QED) is 0.513. The van der Waals surface area contributed by atoms with Gasteiger partial charge in [0.1, 0.15) is 0 Å². The summed E-state index contributed by atoms with van der Waals surface area (Å²) in [5.41, 5.74) is 2.98. The SMILES string of the molecule is CC1=CC[C@H]2[C@@H]3[C@@H]1[C@@]2(C)CCCC3(C)C. The maximum absolute atomic E-state index is 2.57. The summed E-state index contributed by atoms with van der Waals surface area (Å²) in [6.45, 7) is 9.98. The third-order valence-electron chi connectivity index (χ3n) is 5.97. The van der Waals surface area contributed by atoms with Crippen LogP contribution in [0.15, 0.2) is 11.6 Å². The zero-order valence-electron chi connectivity index (χ0n) is 10.6. The van der Waals surface area contributed by atoms with Crippen LogP contribution in [0.2, 0.25) is 0 Å². The van der Waals surface area contributed by atoms with Crippen LogP contribution in [0.1, 0.15) is 53.4 Å². The van der Waals surface area contributed by atoms with Crippen LogP contribution in [-0.4, -0.2) is 0 Å². The molecule has 4 aliphatic rings. The summed E-state index contributed by atoms with van der Waals surface area (Å²) in [4.78, 5) is 0. The van der Waals surface area contributed by atoms with Gasteiger partial charge in [-0.25, -0.2) is 0 Å². The smallest absolute Gasteiger partial charge is 0.0113 e. The van der Waals surface area contributed by atoms with E-state index < -0.39 is 0 Å². The van der Waals surface area contributed by atoms with Gasteiger partial charge in [0.15, 0.2) is 0 Å². The molecule has 0 N–H and O–H groups in total. The molecule has 0 amide bonds. The number of hydrogen-bond donors (Lipinski definition) is 0. The number of allylic oxidation sites excluding steroid dienone is 2. The average Bonchev–Trinajstić information content (AvgIpc) is 2.30. The molecule has 2 fully saturated rings. The molecule has 4 rings (SSSR count). The lowest BCUT2D eigenvalue weighted by Gasteiger charge is -2.66. The van der Waals surface area contributed by atoms with Crippen molar-refractivity contribution in [3.05, 3.63) is 11.6 Å². The molecule has 4 aliphatic carbocycles. The highest BCUT2D eigenvalue weighted by Crippen LogP contribution is 2.72. The van der Waals surface area contributed by atoms with Gasteiger partial charge in [-0.2, -0.15) is 0 Å². The van der Waals surface area contributed by atoms with Gasteiger partial charge in [-0.1, -0.05) is 38.8 Å². The van der Waals surface area contributed by atoms with Crippen molar-refractivity contribution >= 4 is 0 Å².